The molecule has 20 heavy (non-hydrogen) atoms. The molecule has 0 saturated carbocycles. The fraction of sp³-hybridized carbons (Fsp3) is 0.750. The minimum atomic E-state index is 0.635. The minimum absolute atomic E-state index is 0.635. The van der Waals surface area contributed by atoms with Crippen molar-refractivity contribution in [1.29, 1.82) is 0 Å². The van der Waals surface area contributed by atoms with Gasteiger partial charge < -0.3 is 10.2 Å². The largest absolute Gasteiger partial charge is 0.355 e. The Labute approximate surface area is 122 Å². The van der Waals surface area contributed by atoms with E-state index in [0.29, 0.717) is 6.04 Å². The van der Waals surface area contributed by atoms with Crippen LogP contribution in [0.5, 0.6) is 0 Å². The molecular formula is C16H26N4. The summed E-state index contributed by atoms with van der Waals surface area (Å²) in [5, 5.41) is 3.61. The average molecular weight is 274 g/mol. The third kappa shape index (κ3) is 2.95. The Hall–Kier alpha value is -1.16. The van der Waals surface area contributed by atoms with Crippen molar-refractivity contribution < 1.29 is 0 Å². The third-order valence-corrected chi connectivity index (χ3v) is 4.50. The maximum absolute atomic E-state index is 4.64. The topological polar surface area (TPSA) is 41.0 Å². The number of aryl methyl sites for hydroxylation is 1. The van der Waals surface area contributed by atoms with Crippen LogP contribution < -0.4 is 10.2 Å². The van der Waals surface area contributed by atoms with Crippen LogP contribution in [-0.4, -0.2) is 35.6 Å². The monoisotopic (exact) mass is 274 g/mol. The number of rotatable bonds is 5. The Morgan fingerprint density at radius 1 is 1.25 bits per heavy atom. The van der Waals surface area contributed by atoms with Crippen molar-refractivity contribution in [3.63, 3.8) is 0 Å². The fourth-order valence-corrected chi connectivity index (χ4v) is 3.51. The van der Waals surface area contributed by atoms with Gasteiger partial charge in [0, 0.05) is 30.4 Å². The van der Waals surface area contributed by atoms with Crippen LogP contribution in [0.4, 0.5) is 5.82 Å². The van der Waals surface area contributed by atoms with Gasteiger partial charge in [-0.1, -0.05) is 6.92 Å². The number of aromatic nitrogens is 2. The second-order valence-electron chi connectivity index (χ2n) is 6.07. The number of nitrogens with zero attached hydrogens (tertiary/aromatic N) is 3. The molecule has 1 aliphatic heterocycles. The zero-order chi connectivity index (χ0) is 13.8. The second-order valence-corrected chi connectivity index (χ2v) is 6.07. The normalized spacial score (nSPS) is 21.8. The zero-order valence-electron chi connectivity index (χ0n) is 12.6. The summed E-state index contributed by atoms with van der Waals surface area (Å²) in [6.07, 6.45) is 10.4. The molecule has 0 radical (unpaired) electrons. The first-order chi connectivity index (χ1) is 9.88. The van der Waals surface area contributed by atoms with Gasteiger partial charge in [-0.15, -0.1) is 0 Å². The highest BCUT2D eigenvalue weighted by Gasteiger charge is 2.23. The minimum Gasteiger partial charge on any atom is -0.355 e. The molecule has 2 aliphatic rings. The lowest BCUT2D eigenvalue weighted by Crippen LogP contribution is -2.39. The highest BCUT2D eigenvalue weighted by atomic mass is 15.2. The van der Waals surface area contributed by atoms with Crippen LogP contribution in [0.1, 0.15) is 50.3 Å². The van der Waals surface area contributed by atoms with Gasteiger partial charge in [0.05, 0.1) is 0 Å². The predicted octanol–water partition coefficient (Wildman–Crippen LogP) is 2.32. The molecule has 1 atom stereocenters. The van der Waals surface area contributed by atoms with Gasteiger partial charge in [0.2, 0.25) is 0 Å². The quantitative estimate of drug-likeness (QED) is 0.894. The van der Waals surface area contributed by atoms with Gasteiger partial charge in [0.25, 0.3) is 0 Å². The first-order valence-corrected chi connectivity index (χ1v) is 8.19. The molecular weight excluding hydrogens is 248 g/mol. The molecule has 1 unspecified atom stereocenters. The standard InChI is InChI=1S/C16H26N4/c1-2-10-20(11-13-6-5-9-17-13)16-14-7-3-4-8-15(14)18-12-19-16/h12-13,17H,2-11H2,1H3. The van der Waals surface area contributed by atoms with Crippen molar-refractivity contribution in [1.82, 2.24) is 15.3 Å². The van der Waals surface area contributed by atoms with E-state index >= 15 is 0 Å². The van der Waals surface area contributed by atoms with Crippen LogP contribution in [0, 0.1) is 0 Å². The fourth-order valence-electron chi connectivity index (χ4n) is 3.51. The number of hydrogen-bond acceptors (Lipinski definition) is 4. The van der Waals surface area contributed by atoms with Crippen molar-refractivity contribution in [2.75, 3.05) is 24.5 Å². The van der Waals surface area contributed by atoms with Gasteiger partial charge in [-0.3, -0.25) is 0 Å². The van der Waals surface area contributed by atoms with Gasteiger partial charge in [0.15, 0.2) is 0 Å². The Bertz CT molecular complexity index is 440. The van der Waals surface area contributed by atoms with Gasteiger partial charge in [-0.2, -0.15) is 0 Å². The lowest BCUT2D eigenvalue weighted by molar-refractivity contribution is 0.569. The van der Waals surface area contributed by atoms with E-state index in [2.05, 4.69) is 27.1 Å². The lowest BCUT2D eigenvalue weighted by Gasteiger charge is -2.30. The van der Waals surface area contributed by atoms with Crippen molar-refractivity contribution in [2.45, 2.75) is 57.9 Å². The van der Waals surface area contributed by atoms with E-state index in [4.69, 9.17) is 0 Å². The lowest BCUT2D eigenvalue weighted by atomic mass is 9.96. The molecule has 2 heterocycles. The van der Waals surface area contributed by atoms with E-state index in [1.54, 1.807) is 6.33 Å². The van der Waals surface area contributed by atoms with Crippen molar-refractivity contribution in [2.24, 2.45) is 0 Å². The molecule has 0 amide bonds. The van der Waals surface area contributed by atoms with E-state index in [1.807, 2.05) is 0 Å². The summed E-state index contributed by atoms with van der Waals surface area (Å²) in [7, 11) is 0. The molecule has 1 aromatic heterocycles. The van der Waals surface area contributed by atoms with Crippen molar-refractivity contribution in [3.8, 4) is 0 Å². The second kappa shape index (κ2) is 6.53. The van der Waals surface area contributed by atoms with Crippen molar-refractivity contribution in [3.05, 3.63) is 17.6 Å². The summed E-state index contributed by atoms with van der Waals surface area (Å²) >= 11 is 0. The van der Waals surface area contributed by atoms with Gasteiger partial charge in [-0.25, -0.2) is 9.97 Å². The average Bonchev–Trinajstić information content (AvgIpc) is 2.99. The Morgan fingerprint density at radius 3 is 2.95 bits per heavy atom. The van der Waals surface area contributed by atoms with Crippen LogP contribution in [-0.2, 0) is 12.8 Å². The molecule has 1 saturated heterocycles. The number of hydrogen-bond donors (Lipinski definition) is 1. The highest BCUT2D eigenvalue weighted by molar-refractivity contribution is 5.49. The van der Waals surface area contributed by atoms with Gasteiger partial charge in [0.1, 0.15) is 12.1 Å². The Balaban J connectivity index is 1.82. The third-order valence-electron chi connectivity index (χ3n) is 4.50. The zero-order valence-corrected chi connectivity index (χ0v) is 12.6. The van der Waals surface area contributed by atoms with E-state index in [0.717, 1.165) is 25.9 Å². The summed E-state index contributed by atoms with van der Waals surface area (Å²) in [4.78, 5) is 11.6. The molecule has 1 N–H and O–H groups in total. The molecule has 3 rings (SSSR count). The molecule has 1 aromatic rings. The number of anilines is 1. The smallest absolute Gasteiger partial charge is 0.135 e. The van der Waals surface area contributed by atoms with Crippen LogP contribution in [0.15, 0.2) is 6.33 Å². The molecule has 1 fully saturated rings. The Kier molecular flexibility index (Phi) is 4.51. The summed E-state index contributed by atoms with van der Waals surface area (Å²) in [6.45, 7) is 5.62. The van der Waals surface area contributed by atoms with E-state index < -0.39 is 0 Å². The number of fused-ring (bicyclic) bond motifs is 1. The molecule has 0 bridgehead atoms. The van der Waals surface area contributed by atoms with Gasteiger partial charge in [-0.05, 0) is 51.5 Å². The maximum atomic E-state index is 4.64. The first kappa shape index (κ1) is 13.8. The van der Waals surface area contributed by atoms with Crippen LogP contribution in [0.25, 0.3) is 0 Å². The van der Waals surface area contributed by atoms with Gasteiger partial charge >= 0.3 is 0 Å². The first-order valence-electron chi connectivity index (χ1n) is 8.19. The van der Waals surface area contributed by atoms with E-state index in [1.165, 1.54) is 55.7 Å². The summed E-state index contributed by atoms with van der Waals surface area (Å²) < 4.78 is 0. The van der Waals surface area contributed by atoms with E-state index in [9.17, 15) is 0 Å². The summed E-state index contributed by atoms with van der Waals surface area (Å²) in [6, 6.07) is 0.635. The Morgan fingerprint density at radius 2 is 2.15 bits per heavy atom. The van der Waals surface area contributed by atoms with Crippen LogP contribution in [0.2, 0.25) is 0 Å². The number of nitrogens with one attached hydrogen (secondary N) is 1. The molecule has 4 nitrogen and oxygen atoms in total. The summed E-state index contributed by atoms with van der Waals surface area (Å²) in [5.74, 6) is 1.21. The van der Waals surface area contributed by atoms with Crippen LogP contribution >= 0.6 is 0 Å². The maximum Gasteiger partial charge on any atom is 0.135 e. The molecule has 110 valence electrons. The molecule has 0 aromatic carbocycles. The molecule has 4 heteroatoms. The predicted molar refractivity (Wildman–Crippen MR) is 82.2 cm³/mol. The van der Waals surface area contributed by atoms with Crippen LogP contribution in [0.3, 0.4) is 0 Å². The van der Waals surface area contributed by atoms with Crippen molar-refractivity contribution >= 4 is 5.82 Å². The van der Waals surface area contributed by atoms with E-state index in [-0.39, 0.29) is 0 Å². The summed E-state index contributed by atoms with van der Waals surface area (Å²) in [5.41, 5.74) is 2.71. The molecule has 1 aliphatic carbocycles. The molecule has 0 spiro atoms. The highest BCUT2D eigenvalue weighted by Crippen LogP contribution is 2.27. The SMILES string of the molecule is CCCN(CC1CCCN1)c1ncnc2c1CCCC2.